The van der Waals surface area contributed by atoms with Gasteiger partial charge in [0.1, 0.15) is 5.69 Å². The van der Waals surface area contributed by atoms with Gasteiger partial charge in [-0.25, -0.2) is 13.6 Å². The molecule has 1 rings (SSSR count). The molecule has 1 aromatic heterocycles. The fourth-order valence-corrected chi connectivity index (χ4v) is 0.922. The zero-order chi connectivity index (χ0) is 10.0. The lowest BCUT2D eigenvalue weighted by molar-refractivity contribution is 0.0696. The number of aromatic nitrogens is 1. The molecule has 0 aliphatic carbocycles. The van der Waals surface area contributed by atoms with Crippen LogP contribution in [0, 0.1) is 0 Å². The molecule has 13 heavy (non-hydrogen) atoms. The van der Waals surface area contributed by atoms with E-state index in [9.17, 15) is 13.6 Å². The van der Waals surface area contributed by atoms with Crippen LogP contribution in [0.1, 0.15) is 22.5 Å². The van der Waals surface area contributed by atoms with Gasteiger partial charge in [0, 0.05) is 6.20 Å². The molecule has 0 amide bonds. The molecule has 1 aromatic rings. The van der Waals surface area contributed by atoms with Gasteiger partial charge in [0.25, 0.3) is 6.43 Å². The molecule has 0 fully saturated rings. The summed E-state index contributed by atoms with van der Waals surface area (Å²) in [4.78, 5) is 13.7. The average Bonchev–Trinajstić information content (AvgIpc) is 2.04. The van der Waals surface area contributed by atoms with Gasteiger partial charge in [-0.05, 0) is 6.07 Å². The molecule has 3 nitrogen and oxygen atoms in total. The zero-order valence-corrected chi connectivity index (χ0v) is 6.92. The molecular weight excluding hydrogens is 204 g/mol. The summed E-state index contributed by atoms with van der Waals surface area (Å²) in [6.07, 6.45) is -1.90. The largest absolute Gasteiger partial charge is 0.478 e. The Morgan fingerprint density at radius 1 is 1.62 bits per heavy atom. The second-order valence-corrected chi connectivity index (χ2v) is 2.60. The molecule has 0 atom stereocenters. The highest BCUT2D eigenvalue weighted by Crippen LogP contribution is 2.21. The molecule has 0 aromatic carbocycles. The van der Waals surface area contributed by atoms with Gasteiger partial charge in [-0.3, -0.25) is 4.98 Å². The number of nitrogens with zero attached hydrogens (tertiary/aromatic N) is 1. The maximum atomic E-state index is 12.0. The van der Waals surface area contributed by atoms with E-state index in [1.165, 1.54) is 0 Å². The number of hydrogen-bond acceptors (Lipinski definition) is 2. The van der Waals surface area contributed by atoms with Gasteiger partial charge in [0.2, 0.25) is 0 Å². The van der Waals surface area contributed by atoms with Crippen molar-refractivity contribution in [1.82, 2.24) is 4.98 Å². The molecule has 0 bridgehead atoms. The molecule has 1 N–H and O–H groups in total. The number of carboxylic acids is 1. The van der Waals surface area contributed by atoms with Gasteiger partial charge in [-0.2, -0.15) is 0 Å². The Hall–Kier alpha value is -1.23. The maximum absolute atomic E-state index is 12.0. The van der Waals surface area contributed by atoms with E-state index in [0.717, 1.165) is 12.3 Å². The Morgan fingerprint density at radius 3 is 2.69 bits per heavy atom. The summed E-state index contributed by atoms with van der Waals surface area (Å²) in [5, 5.41) is 8.36. The monoisotopic (exact) mass is 207 g/mol. The van der Waals surface area contributed by atoms with Crippen LogP contribution >= 0.6 is 11.6 Å². The number of pyridine rings is 1. The molecule has 6 heteroatoms. The van der Waals surface area contributed by atoms with Crippen LogP contribution in [0.25, 0.3) is 0 Å². The normalized spacial score (nSPS) is 10.5. The van der Waals surface area contributed by atoms with E-state index in [2.05, 4.69) is 4.98 Å². The highest BCUT2D eigenvalue weighted by Gasteiger charge is 2.15. The van der Waals surface area contributed by atoms with Crippen LogP contribution < -0.4 is 0 Å². The van der Waals surface area contributed by atoms with Crippen molar-refractivity contribution in [3.63, 3.8) is 0 Å². The summed E-state index contributed by atoms with van der Waals surface area (Å²) in [5.41, 5.74) is -0.964. The fraction of sp³-hybridized carbons (Fsp3) is 0.143. The van der Waals surface area contributed by atoms with E-state index < -0.39 is 18.1 Å². The average molecular weight is 208 g/mol. The van der Waals surface area contributed by atoms with Gasteiger partial charge in [-0.15, -0.1) is 0 Å². The molecule has 0 saturated carbocycles. The van der Waals surface area contributed by atoms with E-state index in [1.54, 1.807) is 0 Å². The fourth-order valence-electron chi connectivity index (χ4n) is 0.738. The lowest BCUT2D eigenvalue weighted by Crippen LogP contribution is -2.01. The first-order valence-corrected chi connectivity index (χ1v) is 3.57. The number of aromatic carboxylic acids is 1. The smallest absolute Gasteiger partial charge is 0.337 e. The van der Waals surface area contributed by atoms with E-state index in [4.69, 9.17) is 16.7 Å². The molecule has 1 heterocycles. The van der Waals surface area contributed by atoms with Gasteiger partial charge in [0.15, 0.2) is 0 Å². The van der Waals surface area contributed by atoms with Gasteiger partial charge in [0.05, 0.1) is 10.6 Å². The van der Waals surface area contributed by atoms with Crippen LogP contribution in [0.15, 0.2) is 12.3 Å². The minimum absolute atomic E-state index is 0.156. The van der Waals surface area contributed by atoms with Crippen molar-refractivity contribution in [3.8, 4) is 0 Å². The predicted octanol–water partition coefficient (Wildman–Crippen LogP) is 2.37. The summed E-state index contributed by atoms with van der Waals surface area (Å²) in [7, 11) is 0. The number of carbonyl (C=O) groups is 1. The summed E-state index contributed by atoms with van der Waals surface area (Å²) in [6.45, 7) is 0. The first kappa shape index (κ1) is 9.85. The predicted molar refractivity (Wildman–Crippen MR) is 41.2 cm³/mol. The zero-order valence-electron chi connectivity index (χ0n) is 6.17. The van der Waals surface area contributed by atoms with Crippen molar-refractivity contribution in [2.75, 3.05) is 0 Å². The molecule has 0 saturated heterocycles. The summed E-state index contributed by atoms with van der Waals surface area (Å²) >= 11 is 5.41. The second kappa shape index (κ2) is 3.66. The summed E-state index contributed by atoms with van der Waals surface area (Å²) in [5.74, 6) is -1.35. The standard InChI is InChI=1S/C7H4ClF2NO2/c8-4-2-11-5(6(9)10)1-3(4)7(12)13/h1-2,6H,(H,12,13). The highest BCUT2D eigenvalue weighted by molar-refractivity contribution is 6.33. The first-order chi connectivity index (χ1) is 6.02. The van der Waals surface area contributed by atoms with Crippen LogP contribution in [0.4, 0.5) is 8.78 Å². The van der Waals surface area contributed by atoms with Crippen LogP contribution in [0.2, 0.25) is 5.02 Å². The van der Waals surface area contributed by atoms with Crippen molar-refractivity contribution in [2.45, 2.75) is 6.43 Å². The van der Waals surface area contributed by atoms with Crippen molar-refractivity contribution >= 4 is 17.6 Å². The first-order valence-electron chi connectivity index (χ1n) is 3.19. The molecule has 0 aliphatic heterocycles. The second-order valence-electron chi connectivity index (χ2n) is 2.19. The quantitative estimate of drug-likeness (QED) is 0.810. The molecule has 0 aliphatic rings. The third kappa shape index (κ3) is 2.12. The number of rotatable bonds is 2. The minimum atomic E-state index is -2.80. The van der Waals surface area contributed by atoms with Crippen LogP contribution in [-0.4, -0.2) is 16.1 Å². The molecule has 0 unspecified atom stereocenters. The Kier molecular flexibility index (Phi) is 2.77. The third-order valence-electron chi connectivity index (χ3n) is 1.33. The van der Waals surface area contributed by atoms with E-state index in [0.29, 0.717) is 0 Å². The highest BCUT2D eigenvalue weighted by atomic mass is 35.5. The summed E-state index contributed by atoms with van der Waals surface area (Å²) < 4.78 is 24.1. The van der Waals surface area contributed by atoms with Crippen LogP contribution in [0.3, 0.4) is 0 Å². The number of alkyl halides is 2. The Balaban J connectivity index is 3.19. The Morgan fingerprint density at radius 2 is 2.23 bits per heavy atom. The number of carboxylic acid groups (broad SMARTS) is 1. The topological polar surface area (TPSA) is 50.2 Å². The number of halogens is 3. The third-order valence-corrected chi connectivity index (χ3v) is 1.63. The van der Waals surface area contributed by atoms with E-state index in [1.807, 2.05) is 0 Å². The summed E-state index contributed by atoms with van der Waals surface area (Å²) in [6, 6.07) is 0.759. The Bertz CT molecular complexity index is 343. The van der Waals surface area contributed by atoms with Gasteiger partial charge < -0.3 is 5.11 Å². The molecule has 0 spiro atoms. The molecule has 0 radical (unpaired) electrons. The number of hydrogen-bond donors (Lipinski definition) is 1. The van der Waals surface area contributed by atoms with E-state index in [-0.39, 0.29) is 10.6 Å². The van der Waals surface area contributed by atoms with Gasteiger partial charge in [-0.1, -0.05) is 11.6 Å². The maximum Gasteiger partial charge on any atom is 0.337 e. The lowest BCUT2D eigenvalue weighted by atomic mass is 10.2. The van der Waals surface area contributed by atoms with Gasteiger partial charge >= 0.3 is 5.97 Å². The van der Waals surface area contributed by atoms with Crippen molar-refractivity contribution < 1.29 is 18.7 Å². The molecular formula is C7H4ClF2NO2. The van der Waals surface area contributed by atoms with Crippen LogP contribution in [0.5, 0.6) is 0 Å². The van der Waals surface area contributed by atoms with Crippen molar-refractivity contribution in [1.29, 1.82) is 0 Å². The SMILES string of the molecule is O=C(O)c1cc(C(F)F)ncc1Cl. The van der Waals surface area contributed by atoms with Crippen molar-refractivity contribution in [2.24, 2.45) is 0 Å². The molecule has 70 valence electrons. The lowest BCUT2D eigenvalue weighted by Gasteiger charge is -2.01. The van der Waals surface area contributed by atoms with Crippen LogP contribution in [-0.2, 0) is 0 Å². The minimum Gasteiger partial charge on any atom is -0.478 e. The van der Waals surface area contributed by atoms with Crippen molar-refractivity contribution in [3.05, 3.63) is 28.5 Å². The van der Waals surface area contributed by atoms with E-state index >= 15 is 0 Å². The Labute approximate surface area is 77.0 Å².